The molecule has 0 unspecified atom stereocenters. The molecule has 0 aliphatic heterocycles. The van der Waals surface area contributed by atoms with Gasteiger partial charge in [0.1, 0.15) is 0 Å². The van der Waals surface area contributed by atoms with E-state index in [4.69, 9.17) is 11.6 Å². The molecule has 0 radical (unpaired) electrons. The van der Waals surface area contributed by atoms with Crippen molar-refractivity contribution < 1.29 is 13.5 Å². The first-order valence-electron chi connectivity index (χ1n) is 7.02. The largest absolute Gasteiger partial charge is 0.503 e. The molecule has 3 rings (SSSR count). The second-order valence-electron chi connectivity index (χ2n) is 5.34. The topological polar surface area (TPSA) is 99.3 Å². The summed E-state index contributed by atoms with van der Waals surface area (Å²) >= 11 is 7.67. The second kappa shape index (κ2) is 6.55. The lowest BCUT2D eigenvalue weighted by Gasteiger charge is -2.07. The third-order valence-electron chi connectivity index (χ3n) is 3.38. The number of rotatable bonds is 4. The highest BCUT2D eigenvalue weighted by molar-refractivity contribution is 7.92. The van der Waals surface area contributed by atoms with Crippen LogP contribution in [-0.4, -0.2) is 24.8 Å². The molecule has 0 saturated heterocycles. The monoisotopic (exact) mass is 396 g/mol. The number of aromatic hydroxyl groups is 1. The Morgan fingerprint density at radius 1 is 1.20 bits per heavy atom. The SMILES string of the molecule is CS(=O)(=O)Nc1ccc(-c2cc(-c3cc[nH]c(=O)c3O)cs2)c(Cl)c1. The molecule has 9 heteroatoms. The first-order valence-corrected chi connectivity index (χ1v) is 10.2. The highest BCUT2D eigenvalue weighted by Gasteiger charge is 2.13. The minimum absolute atomic E-state index is 0.342. The maximum Gasteiger partial charge on any atom is 0.290 e. The van der Waals surface area contributed by atoms with E-state index in [0.29, 0.717) is 21.8 Å². The van der Waals surface area contributed by atoms with Crippen molar-refractivity contribution in [3.63, 3.8) is 0 Å². The number of hydrogen-bond donors (Lipinski definition) is 3. The molecular formula is C16H13ClN2O4S2. The first kappa shape index (κ1) is 17.5. The number of benzene rings is 1. The summed E-state index contributed by atoms with van der Waals surface area (Å²) in [6.07, 6.45) is 2.53. The van der Waals surface area contributed by atoms with E-state index in [0.717, 1.165) is 16.7 Å². The van der Waals surface area contributed by atoms with Crippen LogP contribution >= 0.6 is 22.9 Å². The van der Waals surface area contributed by atoms with Gasteiger partial charge in [0.25, 0.3) is 5.56 Å². The highest BCUT2D eigenvalue weighted by atomic mass is 35.5. The Morgan fingerprint density at radius 2 is 1.96 bits per heavy atom. The van der Waals surface area contributed by atoms with Crippen molar-refractivity contribution in [2.75, 3.05) is 11.0 Å². The van der Waals surface area contributed by atoms with Crippen LogP contribution in [-0.2, 0) is 10.0 Å². The number of sulfonamides is 1. The number of hydrogen-bond acceptors (Lipinski definition) is 5. The van der Waals surface area contributed by atoms with Crippen LogP contribution in [0.1, 0.15) is 0 Å². The van der Waals surface area contributed by atoms with Crippen LogP contribution in [0.15, 0.2) is 46.7 Å². The van der Waals surface area contributed by atoms with Gasteiger partial charge in [-0.25, -0.2) is 8.42 Å². The fourth-order valence-electron chi connectivity index (χ4n) is 2.31. The molecule has 130 valence electrons. The quantitative estimate of drug-likeness (QED) is 0.628. The third kappa shape index (κ3) is 3.87. The minimum atomic E-state index is -3.38. The lowest BCUT2D eigenvalue weighted by molar-refractivity contribution is 0.469. The van der Waals surface area contributed by atoms with Gasteiger partial charge in [-0.3, -0.25) is 9.52 Å². The van der Waals surface area contributed by atoms with Crippen LogP contribution in [0.2, 0.25) is 5.02 Å². The molecule has 0 amide bonds. The summed E-state index contributed by atoms with van der Waals surface area (Å²) in [5, 5.41) is 12.1. The van der Waals surface area contributed by atoms with Crippen LogP contribution in [0.3, 0.4) is 0 Å². The average Bonchev–Trinajstić information content (AvgIpc) is 2.98. The van der Waals surface area contributed by atoms with E-state index < -0.39 is 15.6 Å². The molecule has 1 aromatic carbocycles. The van der Waals surface area contributed by atoms with Crippen molar-refractivity contribution >= 4 is 38.6 Å². The molecule has 0 atom stereocenters. The van der Waals surface area contributed by atoms with Gasteiger partial charge in [-0.15, -0.1) is 11.3 Å². The number of aromatic amines is 1. The smallest absolute Gasteiger partial charge is 0.290 e. The van der Waals surface area contributed by atoms with Crippen molar-refractivity contribution in [1.82, 2.24) is 4.98 Å². The second-order valence-corrected chi connectivity index (χ2v) is 8.40. The van der Waals surface area contributed by atoms with E-state index in [1.807, 2.05) is 11.4 Å². The molecule has 2 heterocycles. The first-order chi connectivity index (χ1) is 11.7. The third-order valence-corrected chi connectivity index (χ3v) is 5.27. The van der Waals surface area contributed by atoms with Gasteiger partial charge in [-0.05, 0) is 41.3 Å². The predicted molar refractivity (Wildman–Crippen MR) is 101 cm³/mol. The number of H-pyrrole nitrogens is 1. The Morgan fingerprint density at radius 3 is 2.64 bits per heavy atom. The van der Waals surface area contributed by atoms with Crippen LogP contribution in [0.5, 0.6) is 5.75 Å². The highest BCUT2D eigenvalue weighted by Crippen LogP contribution is 2.38. The molecule has 25 heavy (non-hydrogen) atoms. The number of anilines is 1. The Balaban J connectivity index is 1.98. The Bertz CT molecular complexity index is 1100. The van der Waals surface area contributed by atoms with Crippen molar-refractivity contribution in [3.05, 3.63) is 57.3 Å². The number of thiophene rings is 1. The minimum Gasteiger partial charge on any atom is -0.503 e. The van der Waals surface area contributed by atoms with Gasteiger partial charge in [-0.1, -0.05) is 11.6 Å². The van der Waals surface area contributed by atoms with Gasteiger partial charge >= 0.3 is 0 Å². The normalized spacial score (nSPS) is 11.4. The predicted octanol–water partition coefficient (Wildman–Crippen LogP) is 3.50. The van der Waals surface area contributed by atoms with Crippen LogP contribution in [0, 0.1) is 0 Å². The summed E-state index contributed by atoms with van der Waals surface area (Å²) in [5.74, 6) is -0.342. The van der Waals surface area contributed by atoms with Crippen molar-refractivity contribution in [2.45, 2.75) is 0 Å². The van der Waals surface area contributed by atoms with Gasteiger partial charge in [0.05, 0.1) is 11.3 Å². The Labute approximate surface area is 152 Å². The number of pyridine rings is 1. The van der Waals surface area contributed by atoms with E-state index in [-0.39, 0.29) is 5.75 Å². The maximum absolute atomic E-state index is 11.5. The van der Waals surface area contributed by atoms with Crippen molar-refractivity contribution in [3.8, 4) is 27.3 Å². The molecule has 0 saturated carbocycles. The zero-order chi connectivity index (χ0) is 18.2. The molecule has 3 aromatic rings. The van der Waals surface area contributed by atoms with Gasteiger partial charge in [-0.2, -0.15) is 0 Å². The molecule has 0 bridgehead atoms. The maximum atomic E-state index is 11.5. The van der Waals surface area contributed by atoms with E-state index in [1.165, 1.54) is 23.6 Å². The molecule has 6 nitrogen and oxygen atoms in total. The molecular weight excluding hydrogens is 384 g/mol. The molecule has 2 aromatic heterocycles. The molecule has 0 aliphatic carbocycles. The number of aromatic nitrogens is 1. The van der Waals surface area contributed by atoms with Crippen LogP contribution in [0.4, 0.5) is 5.69 Å². The molecule has 0 fully saturated rings. The number of nitrogens with one attached hydrogen (secondary N) is 2. The van der Waals surface area contributed by atoms with Crippen molar-refractivity contribution in [1.29, 1.82) is 0 Å². The Hall–Kier alpha value is -2.29. The van der Waals surface area contributed by atoms with Gasteiger partial charge in [0.2, 0.25) is 10.0 Å². The van der Waals surface area contributed by atoms with Crippen LogP contribution < -0.4 is 10.3 Å². The summed E-state index contributed by atoms with van der Waals surface area (Å²) in [6, 6.07) is 8.28. The van der Waals surface area contributed by atoms with E-state index in [9.17, 15) is 18.3 Å². The summed E-state index contributed by atoms with van der Waals surface area (Å²) < 4.78 is 24.9. The molecule has 0 spiro atoms. The fourth-order valence-corrected chi connectivity index (χ4v) is 4.16. The lowest BCUT2D eigenvalue weighted by Crippen LogP contribution is -2.09. The average molecular weight is 397 g/mol. The standard InChI is InChI=1S/C16H13ClN2O4S2/c1-25(22,23)19-10-2-3-12(13(17)7-10)14-6-9(8-24-14)11-4-5-18-16(21)15(11)20/h2-8,19-20H,1H3,(H,18,21). The zero-order valence-electron chi connectivity index (χ0n) is 12.9. The lowest BCUT2D eigenvalue weighted by atomic mass is 10.1. The fraction of sp³-hybridized carbons (Fsp3) is 0.0625. The number of halogens is 1. The molecule has 3 N–H and O–H groups in total. The van der Waals surface area contributed by atoms with E-state index >= 15 is 0 Å². The van der Waals surface area contributed by atoms with E-state index in [1.54, 1.807) is 18.2 Å². The van der Waals surface area contributed by atoms with E-state index in [2.05, 4.69) is 9.71 Å². The van der Waals surface area contributed by atoms with Gasteiger partial charge in [0, 0.05) is 27.9 Å². The van der Waals surface area contributed by atoms with Gasteiger partial charge < -0.3 is 10.1 Å². The zero-order valence-corrected chi connectivity index (χ0v) is 15.3. The van der Waals surface area contributed by atoms with Crippen molar-refractivity contribution in [2.24, 2.45) is 0 Å². The summed E-state index contributed by atoms with van der Waals surface area (Å²) in [4.78, 5) is 14.7. The Kier molecular flexibility index (Phi) is 4.59. The summed E-state index contributed by atoms with van der Waals surface area (Å²) in [7, 11) is -3.38. The summed E-state index contributed by atoms with van der Waals surface area (Å²) in [6.45, 7) is 0. The molecule has 0 aliphatic rings. The van der Waals surface area contributed by atoms with Gasteiger partial charge in [0.15, 0.2) is 5.75 Å². The summed E-state index contributed by atoms with van der Waals surface area (Å²) in [5.41, 5.74) is 1.66. The van der Waals surface area contributed by atoms with Crippen LogP contribution in [0.25, 0.3) is 21.6 Å².